The van der Waals surface area contributed by atoms with Gasteiger partial charge >= 0.3 is 0 Å². The lowest BCUT2D eigenvalue weighted by atomic mass is 10.1. The zero-order valence-corrected chi connectivity index (χ0v) is 10.5. The first kappa shape index (κ1) is 12.6. The molecule has 1 N–H and O–H groups in total. The molecule has 0 bridgehead atoms. The highest BCUT2D eigenvalue weighted by Crippen LogP contribution is 2.31. The Morgan fingerprint density at radius 1 is 1.47 bits per heavy atom. The van der Waals surface area contributed by atoms with Crippen LogP contribution in [0.4, 0.5) is 0 Å². The Hall–Kier alpha value is -0.450. The summed E-state index contributed by atoms with van der Waals surface area (Å²) in [5, 5.41) is 10.4. The minimum absolute atomic E-state index is 0.0486. The van der Waals surface area contributed by atoms with Gasteiger partial charge in [0.15, 0.2) is 0 Å². The van der Waals surface area contributed by atoms with E-state index in [1.807, 2.05) is 6.92 Å². The van der Waals surface area contributed by atoms with E-state index in [9.17, 15) is 5.11 Å². The minimum Gasteiger partial charge on any atom is -0.388 e. The lowest BCUT2D eigenvalue weighted by molar-refractivity contribution is 0.0293. The van der Waals surface area contributed by atoms with Gasteiger partial charge < -0.3 is 9.84 Å². The Morgan fingerprint density at radius 2 is 2.13 bits per heavy atom. The van der Waals surface area contributed by atoms with Gasteiger partial charge in [-0.25, -0.2) is 4.98 Å². The van der Waals surface area contributed by atoms with Gasteiger partial charge in [-0.05, 0) is 19.8 Å². The van der Waals surface area contributed by atoms with Crippen LogP contribution in [0.2, 0.25) is 0 Å². The van der Waals surface area contributed by atoms with Gasteiger partial charge in [0.1, 0.15) is 11.1 Å². The van der Waals surface area contributed by atoms with Gasteiger partial charge in [0.2, 0.25) is 0 Å². The first-order valence-electron chi connectivity index (χ1n) is 5.31. The summed E-state index contributed by atoms with van der Waals surface area (Å²) in [6.07, 6.45) is 1.34. The van der Waals surface area contributed by atoms with Gasteiger partial charge in [-0.3, -0.25) is 0 Å². The molecule has 3 nitrogen and oxygen atoms in total. The van der Waals surface area contributed by atoms with Crippen LogP contribution in [0.5, 0.6) is 0 Å². The van der Waals surface area contributed by atoms with Crippen molar-refractivity contribution in [3.05, 3.63) is 16.1 Å². The molecule has 2 unspecified atom stereocenters. The summed E-state index contributed by atoms with van der Waals surface area (Å²) in [4.78, 5) is 5.21. The molecule has 1 aromatic heterocycles. The van der Waals surface area contributed by atoms with E-state index in [0.29, 0.717) is 12.5 Å². The van der Waals surface area contributed by atoms with Crippen LogP contribution in [0, 0.1) is 5.92 Å². The van der Waals surface area contributed by atoms with Crippen molar-refractivity contribution < 1.29 is 9.84 Å². The monoisotopic (exact) mass is 229 g/mol. The maximum Gasteiger partial charge on any atom is 0.122 e. The number of hydrogen-bond donors (Lipinski definition) is 1. The Kier molecular flexibility index (Phi) is 4.70. The van der Waals surface area contributed by atoms with Crippen molar-refractivity contribution >= 4 is 11.3 Å². The molecule has 86 valence electrons. The number of thiazole rings is 1. The number of rotatable bonds is 5. The normalized spacial score (nSPS) is 15.6. The smallest absolute Gasteiger partial charge is 0.122 e. The summed E-state index contributed by atoms with van der Waals surface area (Å²) < 4.78 is 5.65. The molecule has 4 heteroatoms. The molecule has 0 aliphatic heterocycles. The zero-order valence-electron chi connectivity index (χ0n) is 9.73. The van der Waals surface area contributed by atoms with Gasteiger partial charge in [-0.2, -0.15) is 0 Å². The highest BCUT2D eigenvalue weighted by molar-refractivity contribution is 7.11. The third kappa shape index (κ3) is 3.26. The second-order valence-corrected chi connectivity index (χ2v) is 4.99. The molecular weight excluding hydrogens is 210 g/mol. The molecule has 2 atom stereocenters. The zero-order chi connectivity index (χ0) is 11.4. The van der Waals surface area contributed by atoms with Gasteiger partial charge in [-0.15, -0.1) is 11.3 Å². The Labute approximate surface area is 95.1 Å². The molecule has 1 aromatic rings. The summed E-state index contributed by atoms with van der Waals surface area (Å²) in [6.45, 7) is 8.65. The van der Waals surface area contributed by atoms with Crippen LogP contribution < -0.4 is 0 Å². The van der Waals surface area contributed by atoms with E-state index in [2.05, 4.69) is 18.8 Å². The van der Waals surface area contributed by atoms with Crippen molar-refractivity contribution in [2.75, 3.05) is 6.61 Å². The van der Waals surface area contributed by atoms with Crippen molar-refractivity contribution in [3.63, 3.8) is 0 Å². The van der Waals surface area contributed by atoms with E-state index in [4.69, 9.17) is 4.74 Å². The van der Waals surface area contributed by atoms with Crippen LogP contribution >= 0.6 is 11.3 Å². The third-order valence-electron chi connectivity index (χ3n) is 2.15. The summed E-state index contributed by atoms with van der Waals surface area (Å²) in [5.41, 5.74) is 0. The number of ether oxygens (including phenoxy) is 1. The fraction of sp³-hybridized carbons (Fsp3) is 0.727. The maximum absolute atomic E-state index is 9.42. The molecule has 0 aromatic carbocycles. The van der Waals surface area contributed by atoms with Crippen molar-refractivity contribution in [3.8, 4) is 0 Å². The topological polar surface area (TPSA) is 42.4 Å². The number of nitrogens with zero attached hydrogens (tertiary/aromatic N) is 1. The number of aromatic nitrogens is 1. The van der Waals surface area contributed by atoms with Crippen LogP contribution in [0.15, 0.2) is 6.20 Å². The first-order chi connectivity index (χ1) is 7.06. The Bertz CT molecular complexity index is 297. The molecule has 1 rings (SSSR count). The van der Waals surface area contributed by atoms with E-state index < -0.39 is 6.10 Å². The fourth-order valence-electron chi connectivity index (χ4n) is 1.35. The molecule has 0 amide bonds. The molecule has 15 heavy (non-hydrogen) atoms. The average molecular weight is 229 g/mol. The van der Waals surface area contributed by atoms with Gasteiger partial charge in [0.05, 0.1) is 11.0 Å². The quantitative estimate of drug-likeness (QED) is 0.844. The van der Waals surface area contributed by atoms with Crippen LogP contribution in [0.25, 0.3) is 0 Å². The summed E-state index contributed by atoms with van der Waals surface area (Å²) >= 11 is 1.53. The molecule has 0 saturated heterocycles. The van der Waals surface area contributed by atoms with Crippen molar-refractivity contribution in [1.29, 1.82) is 0 Å². The SMILES string of the molecule is CCOC(c1ncc(C(C)O)s1)C(C)C. The number of hydrogen-bond acceptors (Lipinski definition) is 4. The van der Waals surface area contributed by atoms with Gasteiger partial charge in [-0.1, -0.05) is 13.8 Å². The highest BCUT2D eigenvalue weighted by Gasteiger charge is 2.20. The van der Waals surface area contributed by atoms with E-state index in [1.165, 1.54) is 11.3 Å². The molecule has 0 aliphatic rings. The van der Waals surface area contributed by atoms with Crippen LogP contribution in [0.1, 0.15) is 49.8 Å². The summed E-state index contributed by atoms with van der Waals surface area (Å²) in [7, 11) is 0. The van der Waals surface area contributed by atoms with Crippen molar-refractivity contribution in [2.24, 2.45) is 5.92 Å². The molecule has 0 saturated carbocycles. The van der Waals surface area contributed by atoms with Gasteiger partial charge in [0.25, 0.3) is 0 Å². The molecule has 0 radical (unpaired) electrons. The van der Waals surface area contributed by atoms with E-state index in [0.717, 1.165) is 9.88 Å². The Morgan fingerprint density at radius 3 is 2.53 bits per heavy atom. The van der Waals surface area contributed by atoms with Crippen LogP contribution in [-0.2, 0) is 4.74 Å². The predicted molar refractivity (Wildman–Crippen MR) is 62.0 cm³/mol. The minimum atomic E-state index is -0.439. The summed E-state index contributed by atoms with van der Waals surface area (Å²) in [5.74, 6) is 0.401. The van der Waals surface area contributed by atoms with Crippen molar-refractivity contribution in [1.82, 2.24) is 4.98 Å². The molecule has 0 aliphatic carbocycles. The molecule has 0 spiro atoms. The van der Waals surface area contributed by atoms with Crippen LogP contribution in [0.3, 0.4) is 0 Å². The number of aliphatic hydroxyl groups excluding tert-OH is 1. The Balaban J connectivity index is 2.81. The largest absolute Gasteiger partial charge is 0.388 e. The predicted octanol–water partition coefficient (Wildman–Crippen LogP) is 2.93. The summed E-state index contributed by atoms with van der Waals surface area (Å²) in [6, 6.07) is 0. The number of aliphatic hydroxyl groups is 1. The third-order valence-corrected chi connectivity index (χ3v) is 3.38. The van der Waals surface area contributed by atoms with E-state index in [-0.39, 0.29) is 6.10 Å². The standard InChI is InChI=1S/C11H19NO2S/c1-5-14-10(7(2)3)11-12-6-9(15-11)8(4)13/h6-8,10,13H,5H2,1-4H3. The average Bonchev–Trinajstić information content (AvgIpc) is 2.62. The van der Waals surface area contributed by atoms with Crippen LogP contribution in [-0.4, -0.2) is 16.7 Å². The van der Waals surface area contributed by atoms with Crippen molar-refractivity contribution in [2.45, 2.75) is 39.9 Å². The van der Waals surface area contributed by atoms with Gasteiger partial charge in [0, 0.05) is 12.8 Å². The molecule has 0 fully saturated rings. The lowest BCUT2D eigenvalue weighted by Crippen LogP contribution is -2.10. The van der Waals surface area contributed by atoms with E-state index >= 15 is 0 Å². The maximum atomic E-state index is 9.42. The lowest BCUT2D eigenvalue weighted by Gasteiger charge is -2.18. The second kappa shape index (κ2) is 5.58. The fourth-order valence-corrected chi connectivity index (χ4v) is 2.43. The highest BCUT2D eigenvalue weighted by atomic mass is 32.1. The molecule has 1 heterocycles. The molecular formula is C11H19NO2S. The van der Waals surface area contributed by atoms with E-state index in [1.54, 1.807) is 13.1 Å². The second-order valence-electron chi connectivity index (χ2n) is 3.90. The first-order valence-corrected chi connectivity index (χ1v) is 6.13.